The SMILES string of the molecule is CCCCCCC(CCC1CCCO1)NCC. The molecule has 1 fully saturated rings. The van der Waals surface area contributed by atoms with Crippen LogP contribution in [-0.4, -0.2) is 25.3 Å². The van der Waals surface area contributed by atoms with Gasteiger partial charge in [0, 0.05) is 12.6 Å². The van der Waals surface area contributed by atoms with Crippen molar-refractivity contribution < 1.29 is 4.74 Å². The fourth-order valence-electron chi connectivity index (χ4n) is 2.71. The van der Waals surface area contributed by atoms with Crippen LogP contribution in [0.25, 0.3) is 0 Å². The molecule has 1 aliphatic rings. The Bertz CT molecular complexity index is 166. The van der Waals surface area contributed by atoms with E-state index in [9.17, 15) is 0 Å². The van der Waals surface area contributed by atoms with Crippen molar-refractivity contribution in [2.24, 2.45) is 0 Å². The molecular formula is C15H31NO. The van der Waals surface area contributed by atoms with Crippen LogP contribution in [0.15, 0.2) is 0 Å². The Labute approximate surface area is 108 Å². The first-order valence-corrected chi connectivity index (χ1v) is 7.71. The van der Waals surface area contributed by atoms with Crippen molar-refractivity contribution in [3.63, 3.8) is 0 Å². The van der Waals surface area contributed by atoms with Crippen LogP contribution in [0.4, 0.5) is 0 Å². The van der Waals surface area contributed by atoms with E-state index >= 15 is 0 Å². The lowest BCUT2D eigenvalue weighted by molar-refractivity contribution is 0.0992. The molecule has 1 heterocycles. The minimum atomic E-state index is 0.562. The number of ether oxygens (including phenoxy) is 1. The molecule has 2 heteroatoms. The smallest absolute Gasteiger partial charge is 0.0576 e. The third-order valence-corrected chi connectivity index (χ3v) is 3.76. The Morgan fingerprint density at radius 3 is 2.71 bits per heavy atom. The lowest BCUT2D eigenvalue weighted by atomic mass is 10.0. The van der Waals surface area contributed by atoms with Crippen molar-refractivity contribution >= 4 is 0 Å². The van der Waals surface area contributed by atoms with E-state index in [0.29, 0.717) is 6.10 Å². The van der Waals surface area contributed by atoms with Crippen LogP contribution >= 0.6 is 0 Å². The summed E-state index contributed by atoms with van der Waals surface area (Å²) in [5.41, 5.74) is 0. The molecular weight excluding hydrogens is 210 g/mol. The predicted molar refractivity (Wildman–Crippen MR) is 74.4 cm³/mol. The monoisotopic (exact) mass is 241 g/mol. The summed E-state index contributed by atoms with van der Waals surface area (Å²) >= 11 is 0. The summed E-state index contributed by atoms with van der Waals surface area (Å²) in [7, 11) is 0. The van der Waals surface area contributed by atoms with Crippen LogP contribution < -0.4 is 5.32 Å². The summed E-state index contributed by atoms with van der Waals surface area (Å²) in [5.74, 6) is 0. The highest BCUT2D eigenvalue weighted by Crippen LogP contribution is 2.19. The molecule has 1 N–H and O–H groups in total. The van der Waals surface area contributed by atoms with Crippen molar-refractivity contribution in [3.8, 4) is 0 Å². The summed E-state index contributed by atoms with van der Waals surface area (Å²) in [5, 5.41) is 3.63. The maximum absolute atomic E-state index is 5.70. The molecule has 0 radical (unpaired) electrons. The van der Waals surface area contributed by atoms with Crippen LogP contribution in [-0.2, 0) is 4.74 Å². The molecule has 0 aromatic heterocycles. The Kier molecular flexibility index (Phi) is 8.72. The van der Waals surface area contributed by atoms with Gasteiger partial charge in [-0.2, -0.15) is 0 Å². The van der Waals surface area contributed by atoms with E-state index in [1.54, 1.807) is 0 Å². The highest BCUT2D eigenvalue weighted by molar-refractivity contribution is 4.72. The van der Waals surface area contributed by atoms with Gasteiger partial charge in [0.25, 0.3) is 0 Å². The van der Waals surface area contributed by atoms with Crippen molar-refractivity contribution in [3.05, 3.63) is 0 Å². The summed E-state index contributed by atoms with van der Waals surface area (Å²) in [6.07, 6.45) is 12.5. The van der Waals surface area contributed by atoms with Gasteiger partial charge in [-0.1, -0.05) is 39.5 Å². The van der Waals surface area contributed by atoms with Crippen molar-refractivity contribution in [1.82, 2.24) is 5.32 Å². The first kappa shape index (κ1) is 15.0. The van der Waals surface area contributed by atoms with E-state index in [1.807, 2.05) is 0 Å². The molecule has 0 saturated carbocycles. The zero-order chi connectivity index (χ0) is 12.3. The fraction of sp³-hybridized carbons (Fsp3) is 1.00. The number of unbranched alkanes of at least 4 members (excludes halogenated alkanes) is 3. The second-order valence-corrected chi connectivity index (χ2v) is 5.32. The van der Waals surface area contributed by atoms with Gasteiger partial charge >= 0.3 is 0 Å². The molecule has 0 aliphatic carbocycles. The molecule has 0 bridgehead atoms. The Morgan fingerprint density at radius 1 is 1.18 bits per heavy atom. The Morgan fingerprint density at radius 2 is 2.06 bits per heavy atom. The number of nitrogens with one attached hydrogen (secondary N) is 1. The van der Waals surface area contributed by atoms with E-state index in [2.05, 4.69) is 19.2 Å². The highest BCUT2D eigenvalue weighted by atomic mass is 16.5. The number of rotatable bonds is 10. The van der Waals surface area contributed by atoms with Gasteiger partial charge < -0.3 is 10.1 Å². The van der Waals surface area contributed by atoms with Gasteiger partial charge in [0.1, 0.15) is 0 Å². The first-order valence-electron chi connectivity index (χ1n) is 7.71. The normalized spacial score (nSPS) is 21.9. The van der Waals surface area contributed by atoms with Gasteiger partial charge in [0.2, 0.25) is 0 Å². The maximum Gasteiger partial charge on any atom is 0.0576 e. The number of hydrogen-bond acceptors (Lipinski definition) is 2. The highest BCUT2D eigenvalue weighted by Gasteiger charge is 2.17. The zero-order valence-corrected chi connectivity index (χ0v) is 11.8. The molecule has 102 valence electrons. The van der Waals surface area contributed by atoms with Crippen LogP contribution in [0, 0.1) is 0 Å². The summed E-state index contributed by atoms with van der Waals surface area (Å²) in [6.45, 7) is 6.58. The summed E-state index contributed by atoms with van der Waals surface area (Å²) in [4.78, 5) is 0. The first-order chi connectivity index (χ1) is 8.36. The van der Waals surface area contributed by atoms with Gasteiger partial charge in [-0.15, -0.1) is 0 Å². The Hall–Kier alpha value is -0.0800. The third-order valence-electron chi connectivity index (χ3n) is 3.76. The number of hydrogen-bond donors (Lipinski definition) is 1. The minimum Gasteiger partial charge on any atom is -0.378 e. The van der Waals surface area contributed by atoms with E-state index in [-0.39, 0.29) is 0 Å². The summed E-state index contributed by atoms with van der Waals surface area (Å²) < 4.78 is 5.70. The molecule has 1 aliphatic heterocycles. The standard InChI is InChI=1S/C15H31NO/c1-3-5-6-7-9-14(16-4-2)11-12-15-10-8-13-17-15/h14-16H,3-13H2,1-2H3. The topological polar surface area (TPSA) is 21.3 Å². The average molecular weight is 241 g/mol. The fourth-order valence-corrected chi connectivity index (χ4v) is 2.71. The molecule has 2 atom stereocenters. The van der Waals surface area contributed by atoms with Crippen LogP contribution in [0.3, 0.4) is 0 Å². The van der Waals surface area contributed by atoms with E-state index in [1.165, 1.54) is 57.8 Å². The van der Waals surface area contributed by atoms with Gasteiger partial charge in [0.05, 0.1) is 6.10 Å². The zero-order valence-electron chi connectivity index (χ0n) is 11.8. The molecule has 0 spiro atoms. The van der Waals surface area contributed by atoms with Crippen molar-refractivity contribution in [1.29, 1.82) is 0 Å². The second kappa shape index (κ2) is 9.90. The van der Waals surface area contributed by atoms with Gasteiger partial charge in [-0.3, -0.25) is 0 Å². The molecule has 2 unspecified atom stereocenters. The minimum absolute atomic E-state index is 0.562. The lowest BCUT2D eigenvalue weighted by Crippen LogP contribution is -2.29. The molecule has 17 heavy (non-hydrogen) atoms. The third kappa shape index (κ3) is 7.05. The van der Waals surface area contributed by atoms with E-state index in [4.69, 9.17) is 4.74 Å². The van der Waals surface area contributed by atoms with Crippen molar-refractivity contribution in [2.75, 3.05) is 13.2 Å². The van der Waals surface area contributed by atoms with Gasteiger partial charge in [-0.05, 0) is 38.6 Å². The van der Waals surface area contributed by atoms with Gasteiger partial charge in [-0.25, -0.2) is 0 Å². The quantitative estimate of drug-likeness (QED) is 0.586. The molecule has 0 amide bonds. The maximum atomic E-state index is 5.70. The molecule has 0 aromatic rings. The molecule has 0 aromatic carbocycles. The molecule has 2 nitrogen and oxygen atoms in total. The Balaban J connectivity index is 2.08. The summed E-state index contributed by atoms with van der Waals surface area (Å²) in [6, 6.07) is 0.723. The van der Waals surface area contributed by atoms with Crippen LogP contribution in [0.5, 0.6) is 0 Å². The predicted octanol–water partition coefficient (Wildman–Crippen LogP) is 3.89. The van der Waals surface area contributed by atoms with Crippen molar-refractivity contribution in [2.45, 2.75) is 83.8 Å². The lowest BCUT2D eigenvalue weighted by Gasteiger charge is -2.19. The van der Waals surface area contributed by atoms with Gasteiger partial charge in [0.15, 0.2) is 0 Å². The molecule has 1 rings (SSSR count). The largest absolute Gasteiger partial charge is 0.378 e. The average Bonchev–Trinajstić information content (AvgIpc) is 2.84. The van der Waals surface area contributed by atoms with Crippen LogP contribution in [0.1, 0.15) is 71.6 Å². The van der Waals surface area contributed by atoms with Crippen LogP contribution in [0.2, 0.25) is 0 Å². The van der Waals surface area contributed by atoms with E-state index in [0.717, 1.165) is 19.2 Å². The van der Waals surface area contributed by atoms with E-state index < -0.39 is 0 Å². The second-order valence-electron chi connectivity index (χ2n) is 5.32. The molecule has 1 saturated heterocycles.